The zero-order valence-electron chi connectivity index (χ0n) is 14.3. The molecule has 0 aliphatic carbocycles. The Morgan fingerprint density at radius 1 is 1.25 bits per heavy atom. The maximum absolute atomic E-state index is 5.78. The molecule has 0 bridgehead atoms. The van der Waals surface area contributed by atoms with Crippen molar-refractivity contribution in [1.29, 1.82) is 0 Å². The summed E-state index contributed by atoms with van der Waals surface area (Å²) in [6, 6.07) is 8.11. The van der Waals surface area contributed by atoms with Crippen LogP contribution in [0.25, 0.3) is 0 Å². The molecule has 0 radical (unpaired) electrons. The minimum atomic E-state index is 0.653. The minimum Gasteiger partial charge on any atom is -0.493 e. The summed E-state index contributed by atoms with van der Waals surface area (Å²) in [5.41, 5.74) is 1.21. The van der Waals surface area contributed by atoms with Gasteiger partial charge in [0.25, 0.3) is 0 Å². The third-order valence-corrected chi connectivity index (χ3v) is 4.95. The van der Waals surface area contributed by atoms with E-state index in [9.17, 15) is 0 Å². The molecule has 6 nitrogen and oxygen atoms in total. The van der Waals surface area contributed by atoms with Crippen LogP contribution in [0.15, 0.2) is 29.4 Å². The molecular weight excluding hydrogens is 324 g/mol. The normalized spacial score (nSPS) is 15.6. The summed E-state index contributed by atoms with van der Waals surface area (Å²) in [5.74, 6) is 2.76. The summed E-state index contributed by atoms with van der Waals surface area (Å²) in [6.07, 6.45) is 0. The van der Waals surface area contributed by atoms with Crippen LogP contribution in [-0.4, -0.2) is 58.3 Å². The summed E-state index contributed by atoms with van der Waals surface area (Å²) in [5, 5.41) is 9.57. The quantitative estimate of drug-likeness (QED) is 0.564. The van der Waals surface area contributed by atoms with Crippen molar-refractivity contribution in [1.82, 2.24) is 19.7 Å². The van der Waals surface area contributed by atoms with E-state index in [2.05, 4.69) is 32.7 Å². The van der Waals surface area contributed by atoms with Crippen LogP contribution in [-0.2, 0) is 18.3 Å². The Kier molecular flexibility index (Phi) is 6.12. The molecule has 0 amide bonds. The van der Waals surface area contributed by atoms with Gasteiger partial charge < -0.3 is 14.0 Å². The van der Waals surface area contributed by atoms with E-state index in [-0.39, 0.29) is 0 Å². The number of morpholine rings is 1. The third kappa shape index (κ3) is 4.72. The molecule has 1 aromatic carbocycles. The summed E-state index contributed by atoms with van der Waals surface area (Å²) >= 11 is 1.67. The van der Waals surface area contributed by atoms with Crippen molar-refractivity contribution in [3.63, 3.8) is 0 Å². The predicted octanol–water partition coefficient (Wildman–Crippen LogP) is 2.13. The molecule has 1 aromatic heterocycles. The monoisotopic (exact) mass is 348 g/mol. The van der Waals surface area contributed by atoms with Crippen LogP contribution < -0.4 is 4.74 Å². The van der Waals surface area contributed by atoms with Crippen molar-refractivity contribution < 1.29 is 9.47 Å². The molecule has 1 saturated heterocycles. The van der Waals surface area contributed by atoms with Gasteiger partial charge in [-0.1, -0.05) is 23.9 Å². The average Bonchev–Trinajstić information content (AvgIpc) is 2.93. The van der Waals surface area contributed by atoms with Gasteiger partial charge in [-0.25, -0.2) is 0 Å². The molecule has 7 heteroatoms. The van der Waals surface area contributed by atoms with Crippen LogP contribution in [0.1, 0.15) is 11.4 Å². The highest BCUT2D eigenvalue weighted by molar-refractivity contribution is 7.99. The zero-order chi connectivity index (χ0) is 16.8. The van der Waals surface area contributed by atoms with Gasteiger partial charge in [-0.3, -0.25) is 4.90 Å². The van der Waals surface area contributed by atoms with E-state index in [1.165, 1.54) is 5.56 Å². The molecule has 0 N–H and O–H groups in total. The highest BCUT2D eigenvalue weighted by atomic mass is 32.2. The minimum absolute atomic E-state index is 0.653. The number of aryl methyl sites for hydroxylation is 1. The van der Waals surface area contributed by atoms with E-state index < -0.39 is 0 Å². The van der Waals surface area contributed by atoms with Crippen molar-refractivity contribution in [2.75, 3.05) is 38.7 Å². The molecule has 1 fully saturated rings. The smallest absolute Gasteiger partial charge is 0.191 e. The number of aromatic nitrogens is 3. The molecule has 2 aromatic rings. The van der Waals surface area contributed by atoms with E-state index in [4.69, 9.17) is 9.47 Å². The van der Waals surface area contributed by atoms with Crippen LogP contribution in [0.4, 0.5) is 0 Å². The first-order chi connectivity index (χ1) is 11.7. The molecule has 0 saturated carbocycles. The molecule has 0 atom stereocenters. The second-order valence-electron chi connectivity index (χ2n) is 5.86. The number of rotatable bonds is 7. The van der Waals surface area contributed by atoms with Crippen LogP contribution in [0.2, 0.25) is 0 Å². The van der Waals surface area contributed by atoms with Crippen molar-refractivity contribution in [3.05, 3.63) is 35.7 Å². The molecular formula is C17H24N4O2S. The number of benzene rings is 1. The van der Waals surface area contributed by atoms with Crippen LogP contribution >= 0.6 is 11.8 Å². The Bertz CT molecular complexity index is 656. The number of hydrogen-bond acceptors (Lipinski definition) is 6. The Morgan fingerprint density at radius 3 is 2.88 bits per heavy atom. The lowest BCUT2D eigenvalue weighted by atomic mass is 10.2. The fourth-order valence-electron chi connectivity index (χ4n) is 2.57. The van der Waals surface area contributed by atoms with Crippen molar-refractivity contribution in [3.8, 4) is 5.75 Å². The summed E-state index contributed by atoms with van der Waals surface area (Å²) in [6.45, 7) is 7.06. The number of thioether (sulfide) groups is 1. The summed E-state index contributed by atoms with van der Waals surface area (Å²) in [7, 11) is 2.03. The second-order valence-corrected chi connectivity index (χ2v) is 6.92. The van der Waals surface area contributed by atoms with E-state index in [0.29, 0.717) is 6.61 Å². The van der Waals surface area contributed by atoms with Crippen LogP contribution in [0.5, 0.6) is 5.75 Å². The third-order valence-electron chi connectivity index (χ3n) is 3.97. The lowest BCUT2D eigenvalue weighted by Crippen LogP contribution is -2.36. The predicted molar refractivity (Wildman–Crippen MR) is 94.5 cm³/mol. The van der Waals surface area contributed by atoms with Gasteiger partial charge in [-0.15, -0.1) is 10.2 Å². The lowest BCUT2D eigenvalue weighted by Gasteiger charge is -2.25. The Morgan fingerprint density at radius 2 is 2.08 bits per heavy atom. The highest BCUT2D eigenvalue weighted by Gasteiger charge is 2.15. The lowest BCUT2D eigenvalue weighted by molar-refractivity contribution is 0.0326. The van der Waals surface area contributed by atoms with Crippen molar-refractivity contribution >= 4 is 11.8 Å². The number of hydrogen-bond donors (Lipinski definition) is 0. The fourth-order valence-corrected chi connectivity index (χ4v) is 3.31. The maximum Gasteiger partial charge on any atom is 0.191 e. The summed E-state index contributed by atoms with van der Waals surface area (Å²) in [4.78, 5) is 2.35. The highest BCUT2D eigenvalue weighted by Crippen LogP contribution is 2.18. The number of ether oxygens (including phenoxy) is 2. The topological polar surface area (TPSA) is 52.4 Å². The van der Waals surface area contributed by atoms with Gasteiger partial charge in [0.15, 0.2) is 5.16 Å². The Labute approximate surface area is 147 Å². The Balaban J connectivity index is 1.45. The van der Waals surface area contributed by atoms with E-state index in [0.717, 1.165) is 55.3 Å². The standard InChI is InChI=1S/C17H24N4O2S/c1-14-4-3-5-15(12-14)23-10-11-24-17-19-18-16(20(17)2)13-21-6-8-22-9-7-21/h3-5,12H,6-11,13H2,1-2H3. The molecule has 2 heterocycles. The molecule has 3 rings (SSSR count). The molecule has 1 aliphatic heterocycles. The molecule has 0 spiro atoms. The summed E-state index contributed by atoms with van der Waals surface area (Å²) < 4.78 is 13.2. The van der Waals surface area contributed by atoms with Gasteiger partial charge in [-0.05, 0) is 24.6 Å². The Hall–Kier alpha value is -1.57. The van der Waals surface area contributed by atoms with E-state index >= 15 is 0 Å². The van der Waals surface area contributed by atoms with E-state index in [1.54, 1.807) is 11.8 Å². The zero-order valence-corrected chi connectivity index (χ0v) is 15.1. The molecule has 0 unspecified atom stereocenters. The molecule has 24 heavy (non-hydrogen) atoms. The van der Waals surface area contributed by atoms with Gasteiger partial charge in [0, 0.05) is 25.9 Å². The van der Waals surface area contributed by atoms with Gasteiger partial charge in [0.2, 0.25) is 0 Å². The van der Waals surface area contributed by atoms with Gasteiger partial charge in [0.1, 0.15) is 11.6 Å². The molecule has 1 aliphatic rings. The van der Waals surface area contributed by atoms with Gasteiger partial charge >= 0.3 is 0 Å². The van der Waals surface area contributed by atoms with Crippen molar-refractivity contribution in [2.45, 2.75) is 18.6 Å². The SMILES string of the molecule is Cc1cccc(OCCSc2nnc(CN3CCOCC3)n2C)c1. The van der Waals surface area contributed by atoms with Crippen molar-refractivity contribution in [2.24, 2.45) is 7.05 Å². The van der Waals surface area contributed by atoms with Gasteiger partial charge in [-0.2, -0.15) is 0 Å². The first-order valence-corrected chi connectivity index (χ1v) is 9.21. The molecule has 130 valence electrons. The largest absolute Gasteiger partial charge is 0.493 e. The van der Waals surface area contributed by atoms with Crippen LogP contribution in [0, 0.1) is 6.92 Å². The number of nitrogens with zero attached hydrogens (tertiary/aromatic N) is 4. The maximum atomic E-state index is 5.78. The van der Waals surface area contributed by atoms with Gasteiger partial charge in [0.05, 0.1) is 26.4 Å². The fraction of sp³-hybridized carbons (Fsp3) is 0.529. The first kappa shape index (κ1) is 17.3. The first-order valence-electron chi connectivity index (χ1n) is 8.23. The second kappa shape index (κ2) is 8.50. The van der Waals surface area contributed by atoms with Crippen LogP contribution in [0.3, 0.4) is 0 Å². The average molecular weight is 348 g/mol. The van der Waals surface area contributed by atoms with E-state index in [1.807, 2.05) is 25.2 Å².